The summed E-state index contributed by atoms with van der Waals surface area (Å²) in [4.78, 5) is 28.2. The number of aromatic nitrogens is 5. The minimum Gasteiger partial charge on any atom is -0.382 e. The molecule has 0 saturated heterocycles. The van der Waals surface area contributed by atoms with Crippen molar-refractivity contribution in [3.63, 3.8) is 0 Å². The Kier molecular flexibility index (Phi) is 6.96. The summed E-state index contributed by atoms with van der Waals surface area (Å²) in [6.45, 7) is 2.14. The molecule has 0 unspecified atom stereocenters. The number of H-pyrrole nitrogens is 2. The summed E-state index contributed by atoms with van der Waals surface area (Å²) in [5, 5.41) is 3.30. The van der Waals surface area contributed by atoms with Gasteiger partial charge in [0.15, 0.2) is 0 Å². The Labute approximate surface area is 236 Å². The Morgan fingerprint density at radius 3 is 2.49 bits per heavy atom. The van der Waals surface area contributed by atoms with Crippen LogP contribution in [0.2, 0.25) is 0 Å². The van der Waals surface area contributed by atoms with Gasteiger partial charge in [-0.25, -0.2) is 23.1 Å². The van der Waals surface area contributed by atoms with Crippen LogP contribution in [0.25, 0.3) is 28.1 Å². The molecule has 0 aliphatic heterocycles. The number of aryl methyl sites for hydroxylation is 1. The van der Waals surface area contributed by atoms with Crippen LogP contribution in [0.5, 0.6) is 0 Å². The van der Waals surface area contributed by atoms with Crippen molar-refractivity contribution in [3.8, 4) is 17.1 Å². The molecule has 0 bridgehead atoms. The van der Waals surface area contributed by atoms with E-state index in [1.165, 1.54) is 0 Å². The van der Waals surface area contributed by atoms with E-state index >= 15 is 0 Å². The lowest BCUT2D eigenvalue weighted by molar-refractivity contribution is 0.562. The highest BCUT2D eigenvalue weighted by Crippen LogP contribution is 2.28. The Morgan fingerprint density at radius 1 is 1.00 bits per heavy atom. The molecule has 6 rings (SSSR count). The van der Waals surface area contributed by atoms with Crippen LogP contribution in [-0.4, -0.2) is 39.5 Å². The fourth-order valence-corrected chi connectivity index (χ4v) is 6.04. The lowest BCUT2D eigenvalue weighted by atomic mass is 10.1. The maximum atomic E-state index is 13.2. The first-order valence-corrected chi connectivity index (χ1v) is 14.4. The number of nitrogens with one attached hydrogen (secondary N) is 4. The van der Waals surface area contributed by atoms with Gasteiger partial charge in [-0.05, 0) is 48.4 Å². The number of benzene rings is 3. The van der Waals surface area contributed by atoms with Gasteiger partial charge in [-0.15, -0.1) is 0 Å². The predicted molar refractivity (Wildman–Crippen MR) is 158 cm³/mol. The number of hydrogen-bond acceptors (Lipinski definition) is 6. The Hall–Kier alpha value is -5.00. The summed E-state index contributed by atoms with van der Waals surface area (Å²) in [5.41, 5.74) is 4.66. The second-order valence-electron chi connectivity index (χ2n) is 9.59. The summed E-state index contributed by atoms with van der Waals surface area (Å²) in [5.74, 6) is 0.399. The molecule has 4 N–H and O–H groups in total. The maximum absolute atomic E-state index is 13.2. The molecule has 0 radical (unpaired) electrons. The average Bonchev–Trinajstić information content (AvgIpc) is 3.67. The van der Waals surface area contributed by atoms with Crippen molar-refractivity contribution in [2.45, 2.75) is 17.9 Å². The largest absolute Gasteiger partial charge is 0.382 e. The number of nitrogens with zero attached hydrogens (tertiary/aromatic N) is 3. The molecule has 11 heteroatoms. The van der Waals surface area contributed by atoms with E-state index in [9.17, 15) is 13.2 Å². The van der Waals surface area contributed by atoms with E-state index in [0.29, 0.717) is 17.1 Å². The summed E-state index contributed by atoms with van der Waals surface area (Å²) in [6, 6.07) is 22.6. The number of rotatable bonds is 9. The van der Waals surface area contributed by atoms with Crippen LogP contribution in [0.4, 0.5) is 5.69 Å². The molecular formula is C30H27N7O3S. The summed E-state index contributed by atoms with van der Waals surface area (Å²) < 4.78 is 31.1. The molecule has 6 aromatic rings. The van der Waals surface area contributed by atoms with Crippen LogP contribution in [0, 0.1) is 6.92 Å². The monoisotopic (exact) mass is 565 g/mol. The second kappa shape index (κ2) is 10.9. The van der Waals surface area contributed by atoms with Crippen molar-refractivity contribution < 1.29 is 8.42 Å². The molecule has 0 amide bonds. The van der Waals surface area contributed by atoms with Crippen molar-refractivity contribution in [2.24, 2.45) is 0 Å². The zero-order chi connectivity index (χ0) is 28.4. The molecule has 0 fully saturated rings. The van der Waals surface area contributed by atoms with E-state index < -0.39 is 16.1 Å². The zero-order valence-electron chi connectivity index (χ0n) is 22.1. The van der Waals surface area contributed by atoms with Crippen LogP contribution >= 0.6 is 0 Å². The molecular weight excluding hydrogens is 538 g/mol. The number of imidazole rings is 2. The Bertz CT molecular complexity index is 1970. The van der Waals surface area contributed by atoms with Crippen LogP contribution < -0.4 is 15.6 Å². The van der Waals surface area contributed by atoms with Gasteiger partial charge in [0.1, 0.15) is 11.4 Å². The Morgan fingerprint density at radius 2 is 1.76 bits per heavy atom. The number of hydrogen-bond donors (Lipinski definition) is 4. The highest BCUT2D eigenvalue weighted by molar-refractivity contribution is 7.89. The molecule has 0 spiro atoms. The number of aromatic amines is 2. The lowest BCUT2D eigenvalue weighted by Gasteiger charge is -2.21. The third kappa shape index (κ3) is 5.40. The lowest BCUT2D eigenvalue weighted by Crippen LogP contribution is -2.33. The van der Waals surface area contributed by atoms with Gasteiger partial charge in [0.05, 0.1) is 34.0 Å². The van der Waals surface area contributed by atoms with Gasteiger partial charge < -0.3 is 19.9 Å². The van der Waals surface area contributed by atoms with Crippen LogP contribution in [-0.2, 0) is 10.0 Å². The van der Waals surface area contributed by atoms with E-state index in [2.05, 4.69) is 25.0 Å². The minimum atomic E-state index is -3.81. The van der Waals surface area contributed by atoms with Crippen LogP contribution in [0.1, 0.15) is 17.2 Å². The van der Waals surface area contributed by atoms with Crippen LogP contribution in [0.15, 0.2) is 113 Å². The molecule has 0 aliphatic rings. The molecule has 1 atom stereocenters. The van der Waals surface area contributed by atoms with Gasteiger partial charge in [-0.1, -0.05) is 48.5 Å². The third-order valence-electron chi connectivity index (χ3n) is 6.81. The van der Waals surface area contributed by atoms with E-state index in [1.54, 1.807) is 55.1 Å². The predicted octanol–water partition coefficient (Wildman–Crippen LogP) is 4.54. The number of anilines is 1. The SMILES string of the molecule is Cc1cc(-n2ccnc2)cc2[nH]c(-c3c(NC[C@@H](NS(=O)(=O)c4ccccc4)c4ccccc4)cc[nH]c3=O)nc12. The molecule has 3 aromatic carbocycles. The van der Waals surface area contributed by atoms with Gasteiger partial charge in [-0.2, -0.15) is 0 Å². The van der Waals surface area contributed by atoms with Gasteiger partial charge in [-0.3, -0.25) is 4.79 Å². The van der Waals surface area contributed by atoms with Gasteiger partial charge in [0.2, 0.25) is 10.0 Å². The van der Waals surface area contributed by atoms with Crippen molar-refractivity contribution in [2.75, 3.05) is 11.9 Å². The molecule has 3 heterocycles. The highest BCUT2D eigenvalue weighted by atomic mass is 32.2. The minimum absolute atomic E-state index is 0.172. The first-order chi connectivity index (χ1) is 19.9. The molecule has 10 nitrogen and oxygen atoms in total. The van der Waals surface area contributed by atoms with Crippen molar-refractivity contribution >= 4 is 26.7 Å². The fraction of sp³-hybridized carbons (Fsp3) is 0.100. The molecule has 206 valence electrons. The topological polar surface area (TPSA) is 138 Å². The fourth-order valence-electron chi connectivity index (χ4n) is 4.79. The smallest absolute Gasteiger partial charge is 0.261 e. The van der Waals surface area contributed by atoms with E-state index in [-0.39, 0.29) is 17.0 Å². The van der Waals surface area contributed by atoms with E-state index in [4.69, 9.17) is 4.98 Å². The average molecular weight is 566 g/mol. The van der Waals surface area contributed by atoms with Gasteiger partial charge in [0, 0.05) is 30.8 Å². The quantitative estimate of drug-likeness (QED) is 0.203. The highest BCUT2D eigenvalue weighted by Gasteiger charge is 2.23. The molecule has 0 saturated carbocycles. The number of fused-ring (bicyclic) bond motifs is 1. The summed E-state index contributed by atoms with van der Waals surface area (Å²) >= 11 is 0. The molecule has 3 aromatic heterocycles. The van der Waals surface area contributed by atoms with Crippen LogP contribution in [0.3, 0.4) is 0 Å². The van der Waals surface area contributed by atoms with E-state index in [0.717, 1.165) is 27.8 Å². The summed E-state index contributed by atoms with van der Waals surface area (Å²) in [7, 11) is -3.81. The second-order valence-corrected chi connectivity index (χ2v) is 11.3. The van der Waals surface area contributed by atoms with Gasteiger partial charge >= 0.3 is 0 Å². The first-order valence-electron chi connectivity index (χ1n) is 13.0. The maximum Gasteiger partial charge on any atom is 0.261 e. The van der Waals surface area contributed by atoms with Crippen molar-refractivity contribution in [3.05, 3.63) is 125 Å². The zero-order valence-corrected chi connectivity index (χ0v) is 22.9. The molecule has 0 aliphatic carbocycles. The van der Waals surface area contributed by atoms with Gasteiger partial charge in [0.25, 0.3) is 5.56 Å². The normalized spacial score (nSPS) is 12.4. The van der Waals surface area contributed by atoms with Crippen molar-refractivity contribution in [1.82, 2.24) is 29.2 Å². The third-order valence-corrected chi connectivity index (χ3v) is 8.30. The number of sulfonamides is 1. The summed E-state index contributed by atoms with van der Waals surface area (Å²) in [6.07, 6.45) is 6.83. The van der Waals surface area contributed by atoms with Crippen molar-refractivity contribution in [1.29, 1.82) is 0 Å². The Balaban J connectivity index is 1.34. The first kappa shape index (κ1) is 26.2. The standard InChI is InChI=1S/C30H27N7O3S/c1-20-16-22(37-15-14-31-19-37)17-25-28(20)35-29(34-25)27-24(12-13-32-30(27)38)33-18-26(21-8-4-2-5-9-21)36-41(39,40)23-10-6-3-7-11-23/h2-17,19,26,36H,18H2,1H3,(H,34,35)(H2,32,33,38)/t26-/m1/s1. The van der Waals surface area contributed by atoms with E-state index in [1.807, 2.05) is 60.2 Å². The molecule has 41 heavy (non-hydrogen) atoms. The number of pyridine rings is 1.